The second-order valence-corrected chi connectivity index (χ2v) is 6.95. The van der Waals surface area contributed by atoms with Crippen molar-refractivity contribution in [2.45, 2.75) is 31.1 Å². The highest BCUT2D eigenvalue weighted by Crippen LogP contribution is 2.47. The Morgan fingerprint density at radius 2 is 2.00 bits per heavy atom. The summed E-state index contributed by atoms with van der Waals surface area (Å²) < 4.78 is 24.2. The number of hydrogen-bond acceptors (Lipinski definition) is 3. The van der Waals surface area contributed by atoms with Crippen molar-refractivity contribution < 1.29 is 23.5 Å². The van der Waals surface area contributed by atoms with Crippen molar-refractivity contribution in [3.8, 4) is 0 Å². The van der Waals surface area contributed by atoms with Crippen LogP contribution in [-0.2, 0) is 15.8 Å². The van der Waals surface area contributed by atoms with Gasteiger partial charge in [0.1, 0.15) is 11.6 Å². The van der Waals surface area contributed by atoms with E-state index in [9.17, 15) is 23.5 Å². The SMILES string of the molecule is Cl.N[C@@H](Cc1ccc(F)cc1)C(=O)N1CCC[C@@H]1P(=O)(O)O. The van der Waals surface area contributed by atoms with E-state index in [1.807, 2.05) is 0 Å². The Kier molecular flexibility index (Phi) is 6.52. The molecule has 1 saturated heterocycles. The Morgan fingerprint density at radius 1 is 1.41 bits per heavy atom. The third-order valence-corrected chi connectivity index (χ3v) is 4.89. The number of rotatable bonds is 4. The average molecular weight is 353 g/mol. The van der Waals surface area contributed by atoms with Crippen LogP contribution in [0.2, 0.25) is 0 Å². The first-order chi connectivity index (χ1) is 9.79. The quantitative estimate of drug-likeness (QED) is 0.707. The second-order valence-electron chi connectivity index (χ2n) is 5.18. The lowest BCUT2D eigenvalue weighted by molar-refractivity contribution is -0.132. The van der Waals surface area contributed by atoms with Crippen molar-refractivity contribution >= 4 is 25.9 Å². The van der Waals surface area contributed by atoms with Crippen molar-refractivity contribution in [1.82, 2.24) is 4.90 Å². The number of likely N-dealkylation sites (tertiary alicyclic amines) is 1. The first-order valence-corrected chi connectivity index (χ1v) is 8.33. The number of hydrogen-bond donors (Lipinski definition) is 3. The summed E-state index contributed by atoms with van der Waals surface area (Å²) in [5.41, 5.74) is 6.53. The van der Waals surface area contributed by atoms with E-state index in [2.05, 4.69) is 0 Å². The molecule has 22 heavy (non-hydrogen) atoms. The molecule has 0 radical (unpaired) electrons. The van der Waals surface area contributed by atoms with Gasteiger partial charge < -0.3 is 20.4 Å². The molecule has 1 heterocycles. The van der Waals surface area contributed by atoms with Crippen LogP contribution in [0.4, 0.5) is 4.39 Å². The first kappa shape index (κ1) is 19.1. The van der Waals surface area contributed by atoms with E-state index in [1.165, 1.54) is 29.2 Å². The Hall–Kier alpha value is -0.980. The molecule has 124 valence electrons. The highest BCUT2D eigenvalue weighted by atomic mass is 35.5. The molecule has 1 amide bonds. The predicted octanol–water partition coefficient (Wildman–Crippen LogP) is 1.24. The molecule has 0 bridgehead atoms. The van der Waals surface area contributed by atoms with E-state index in [4.69, 9.17) is 5.73 Å². The smallest absolute Gasteiger partial charge is 0.327 e. The molecule has 1 aromatic carbocycles. The largest absolute Gasteiger partial charge is 0.347 e. The van der Waals surface area contributed by atoms with Crippen LogP contribution in [0, 0.1) is 5.82 Å². The lowest BCUT2D eigenvalue weighted by atomic mass is 10.1. The topological polar surface area (TPSA) is 104 Å². The summed E-state index contributed by atoms with van der Waals surface area (Å²) in [6.07, 6.45) is 1.02. The molecule has 9 heteroatoms. The molecule has 0 aromatic heterocycles. The molecular weight excluding hydrogens is 334 g/mol. The van der Waals surface area contributed by atoms with E-state index < -0.39 is 25.3 Å². The highest BCUT2D eigenvalue weighted by Gasteiger charge is 2.41. The molecule has 0 unspecified atom stereocenters. The average Bonchev–Trinajstić information content (AvgIpc) is 2.89. The van der Waals surface area contributed by atoms with Gasteiger partial charge in [-0.3, -0.25) is 9.36 Å². The molecule has 1 aliphatic heterocycles. The van der Waals surface area contributed by atoms with Crippen LogP contribution in [0.5, 0.6) is 0 Å². The van der Waals surface area contributed by atoms with E-state index >= 15 is 0 Å². The molecule has 0 saturated carbocycles. The summed E-state index contributed by atoms with van der Waals surface area (Å²) in [7, 11) is -4.35. The van der Waals surface area contributed by atoms with Crippen LogP contribution in [0.1, 0.15) is 18.4 Å². The van der Waals surface area contributed by atoms with Gasteiger partial charge in [0.05, 0.1) is 6.04 Å². The molecule has 2 rings (SSSR count). The zero-order valence-electron chi connectivity index (χ0n) is 11.8. The summed E-state index contributed by atoms with van der Waals surface area (Å²) in [5, 5.41) is 0. The zero-order chi connectivity index (χ0) is 15.6. The minimum Gasteiger partial charge on any atom is -0.327 e. The fourth-order valence-electron chi connectivity index (χ4n) is 2.53. The van der Waals surface area contributed by atoms with Gasteiger partial charge in [-0.05, 0) is 37.0 Å². The van der Waals surface area contributed by atoms with Gasteiger partial charge in [-0.1, -0.05) is 12.1 Å². The molecule has 1 aromatic rings. The van der Waals surface area contributed by atoms with E-state index in [0.717, 1.165) is 0 Å². The molecule has 0 spiro atoms. The Bertz CT molecular complexity index is 566. The fourth-order valence-corrected chi connectivity index (χ4v) is 3.64. The number of benzene rings is 1. The summed E-state index contributed by atoms with van der Waals surface area (Å²) in [6.45, 7) is 0.297. The lowest BCUT2D eigenvalue weighted by Gasteiger charge is -2.27. The van der Waals surface area contributed by atoms with Crippen molar-refractivity contribution in [3.63, 3.8) is 0 Å². The Balaban J connectivity index is 0.00000242. The van der Waals surface area contributed by atoms with Crippen LogP contribution in [-0.4, -0.2) is 39.0 Å². The van der Waals surface area contributed by atoms with Gasteiger partial charge in [-0.15, -0.1) is 12.4 Å². The van der Waals surface area contributed by atoms with Crippen LogP contribution in [0.25, 0.3) is 0 Å². The summed E-state index contributed by atoms with van der Waals surface area (Å²) in [4.78, 5) is 32.0. The number of carbonyl (C=O) groups excluding carboxylic acids is 1. The minimum atomic E-state index is -4.35. The summed E-state index contributed by atoms with van der Waals surface area (Å²) in [5.74, 6) is -1.94. The Morgan fingerprint density at radius 3 is 2.55 bits per heavy atom. The number of amides is 1. The lowest BCUT2D eigenvalue weighted by Crippen LogP contribution is -2.46. The molecule has 1 fully saturated rings. The number of nitrogens with zero attached hydrogens (tertiary/aromatic N) is 1. The molecule has 0 aliphatic carbocycles. The second kappa shape index (κ2) is 7.53. The van der Waals surface area contributed by atoms with E-state index in [-0.39, 0.29) is 31.1 Å². The van der Waals surface area contributed by atoms with Crippen LogP contribution >= 0.6 is 20.0 Å². The van der Waals surface area contributed by atoms with Gasteiger partial charge in [-0.25, -0.2) is 4.39 Å². The third kappa shape index (κ3) is 4.51. The fraction of sp³-hybridized carbons (Fsp3) is 0.462. The maximum atomic E-state index is 12.8. The van der Waals surface area contributed by atoms with Crippen molar-refractivity contribution in [3.05, 3.63) is 35.6 Å². The van der Waals surface area contributed by atoms with E-state index in [1.54, 1.807) is 0 Å². The van der Waals surface area contributed by atoms with Gasteiger partial charge in [0.2, 0.25) is 5.91 Å². The normalized spacial score (nSPS) is 19.6. The predicted molar refractivity (Wildman–Crippen MR) is 82.1 cm³/mol. The van der Waals surface area contributed by atoms with Crippen molar-refractivity contribution in [2.24, 2.45) is 5.73 Å². The molecule has 4 N–H and O–H groups in total. The van der Waals surface area contributed by atoms with Crippen molar-refractivity contribution in [1.29, 1.82) is 0 Å². The Labute approximate surface area is 134 Å². The minimum absolute atomic E-state index is 0. The molecule has 1 aliphatic rings. The van der Waals surface area contributed by atoms with Gasteiger partial charge in [0.15, 0.2) is 0 Å². The summed E-state index contributed by atoms with van der Waals surface area (Å²) >= 11 is 0. The standard InChI is InChI=1S/C13H18FN2O4P.ClH/c14-10-5-3-9(4-6-10)8-11(15)13(17)16-7-1-2-12(16)21(18,19)20;/h3-6,11-12H,1-2,7-8,15H2,(H2,18,19,20);1H/t11-,12-;/m0./s1. The van der Waals surface area contributed by atoms with Gasteiger partial charge in [0.25, 0.3) is 0 Å². The monoisotopic (exact) mass is 352 g/mol. The molecule has 2 atom stereocenters. The van der Waals surface area contributed by atoms with E-state index in [0.29, 0.717) is 18.5 Å². The van der Waals surface area contributed by atoms with Gasteiger partial charge in [-0.2, -0.15) is 0 Å². The zero-order valence-corrected chi connectivity index (χ0v) is 13.5. The number of halogens is 2. The maximum absolute atomic E-state index is 12.8. The first-order valence-electron chi connectivity index (χ1n) is 6.65. The molecular formula is C13H19ClFN2O4P. The van der Waals surface area contributed by atoms with Gasteiger partial charge >= 0.3 is 7.60 Å². The number of carbonyl (C=O) groups is 1. The third-order valence-electron chi connectivity index (χ3n) is 3.58. The highest BCUT2D eigenvalue weighted by molar-refractivity contribution is 7.52. The molecule has 6 nitrogen and oxygen atoms in total. The number of nitrogens with two attached hydrogens (primary N) is 1. The van der Waals surface area contributed by atoms with Crippen LogP contribution in [0.15, 0.2) is 24.3 Å². The van der Waals surface area contributed by atoms with Crippen molar-refractivity contribution in [2.75, 3.05) is 6.54 Å². The van der Waals surface area contributed by atoms with Crippen LogP contribution < -0.4 is 5.73 Å². The van der Waals surface area contributed by atoms with Crippen LogP contribution in [0.3, 0.4) is 0 Å². The summed E-state index contributed by atoms with van der Waals surface area (Å²) in [6, 6.07) is 4.73. The van der Waals surface area contributed by atoms with Gasteiger partial charge in [0, 0.05) is 6.54 Å². The maximum Gasteiger partial charge on any atom is 0.347 e.